The van der Waals surface area contributed by atoms with E-state index >= 15 is 0 Å². The molecule has 6 nitrogen and oxygen atoms in total. The number of hydrogen-bond acceptors (Lipinski definition) is 4. The number of carbonyl (C=O) groups excluding carboxylic acids is 1. The van der Waals surface area contributed by atoms with E-state index in [9.17, 15) is 13.2 Å². The zero-order valence-electron chi connectivity index (χ0n) is 18.3. The van der Waals surface area contributed by atoms with E-state index in [0.29, 0.717) is 37.4 Å². The summed E-state index contributed by atoms with van der Waals surface area (Å²) in [4.78, 5) is 14.6. The van der Waals surface area contributed by atoms with Gasteiger partial charge in [-0.15, -0.1) is 0 Å². The van der Waals surface area contributed by atoms with E-state index in [1.807, 2.05) is 49.5 Å². The van der Waals surface area contributed by atoms with Crippen molar-refractivity contribution in [2.24, 2.45) is 0 Å². The first-order chi connectivity index (χ1) is 15.0. The number of amides is 1. The SMILES string of the molecule is CN(CCNC(=O)CCc1ccc(S(=O)(=O)N2CCCCCC2)cc1)c1ccccc1. The minimum absolute atomic E-state index is 0.00252. The van der Waals surface area contributed by atoms with Crippen LogP contribution in [0.15, 0.2) is 59.5 Å². The Labute approximate surface area is 186 Å². The molecule has 1 aliphatic heterocycles. The van der Waals surface area contributed by atoms with Gasteiger partial charge in [-0.25, -0.2) is 8.42 Å². The highest BCUT2D eigenvalue weighted by Crippen LogP contribution is 2.21. The van der Waals surface area contributed by atoms with Crippen LogP contribution in [0.1, 0.15) is 37.7 Å². The second kappa shape index (κ2) is 11.3. The Hall–Kier alpha value is -2.38. The third-order valence-corrected chi connectivity index (χ3v) is 7.65. The summed E-state index contributed by atoms with van der Waals surface area (Å²) in [7, 11) is -1.42. The highest BCUT2D eigenvalue weighted by Gasteiger charge is 2.24. The predicted octanol–water partition coefficient (Wildman–Crippen LogP) is 3.44. The summed E-state index contributed by atoms with van der Waals surface area (Å²) < 4.78 is 27.3. The topological polar surface area (TPSA) is 69.7 Å². The maximum Gasteiger partial charge on any atom is 0.243 e. The van der Waals surface area contributed by atoms with Crippen molar-refractivity contribution in [2.45, 2.75) is 43.4 Å². The van der Waals surface area contributed by atoms with Crippen LogP contribution in [0.3, 0.4) is 0 Å². The van der Waals surface area contributed by atoms with Gasteiger partial charge in [0.05, 0.1) is 4.90 Å². The third-order valence-electron chi connectivity index (χ3n) is 5.73. The van der Waals surface area contributed by atoms with Crippen molar-refractivity contribution in [1.29, 1.82) is 0 Å². The van der Waals surface area contributed by atoms with Crippen LogP contribution in [0.2, 0.25) is 0 Å². The molecule has 0 atom stereocenters. The molecule has 0 unspecified atom stereocenters. The molecular weight excluding hydrogens is 410 g/mol. The van der Waals surface area contributed by atoms with E-state index < -0.39 is 10.0 Å². The lowest BCUT2D eigenvalue weighted by molar-refractivity contribution is -0.120. The van der Waals surface area contributed by atoms with Crippen LogP contribution in [0.5, 0.6) is 0 Å². The van der Waals surface area contributed by atoms with Crippen LogP contribution in [-0.2, 0) is 21.2 Å². The zero-order chi connectivity index (χ0) is 22.1. The summed E-state index contributed by atoms with van der Waals surface area (Å²) >= 11 is 0. The number of anilines is 1. The van der Waals surface area contributed by atoms with Crippen LogP contribution < -0.4 is 10.2 Å². The molecule has 0 saturated carbocycles. The van der Waals surface area contributed by atoms with Gasteiger partial charge in [-0.2, -0.15) is 4.31 Å². The summed E-state index contributed by atoms with van der Waals surface area (Å²) in [5, 5.41) is 2.95. The lowest BCUT2D eigenvalue weighted by atomic mass is 10.1. The van der Waals surface area contributed by atoms with Crippen LogP contribution in [0.25, 0.3) is 0 Å². The monoisotopic (exact) mass is 443 g/mol. The lowest BCUT2D eigenvalue weighted by Gasteiger charge is -2.20. The predicted molar refractivity (Wildman–Crippen MR) is 125 cm³/mol. The Morgan fingerprint density at radius 2 is 1.61 bits per heavy atom. The molecule has 0 bridgehead atoms. The lowest BCUT2D eigenvalue weighted by Crippen LogP contribution is -2.33. The van der Waals surface area contributed by atoms with E-state index in [-0.39, 0.29) is 5.91 Å². The van der Waals surface area contributed by atoms with Crippen molar-refractivity contribution in [3.8, 4) is 0 Å². The van der Waals surface area contributed by atoms with Crippen molar-refractivity contribution >= 4 is 21.6 Å². The molecule has 31 heavy (non-hydrogen) atoms. The smallest absolute Gasteiger partial charge is 0.243 e. The molecule has 7 heteroatoms. The standard InChI is InChI=1S/C24H33N3O3S/c1-26(22-9-5-4-6-10-22)20-17-25-24(28)16-13-21-11-14-23(15-12-21)31(29,30)27-18-7-2-3-8-19-27/h4-6,9-12,14-15H,2-3,7-8,13,16-20H2,1H3,(H,25,28). The van der Waals surface area contributed by atoms with E-state index in [2.05, 4.69) is 10.2 Å². The van der Waals surface area contributed by atoms with Gasteiger partial charge in [0, 0.05) is 45.3 Å². The maximum atomic E-state index is 12.9. The summed E-state index contributed by atoms with van der Waals surface area (Å²) in [6, 6.07) is 17.0. The van der Waals surface area contributed by atoms with Crippen LogP contribution in [0, 0.1) is 0 Å². The average Bonchev–Trinajstić information content (AvgIpc) is 3.09. The first-order valence-electron chi connectivity index (χ1n) is 11.1. The van der Waals surface area contributed by atoms with E-state index in [0.717, 1.165) is 43.5 Å². The number of para-hydroxylation sites is 1. The summed E-state index contributed by atoms with van der Waals surface area (Å²) in [5.74, 6) is 0.00252. The van der Waals surface area contributed by atoms with Gasteiger partial charge in [-0.05, 0) is 49.1 Å². The highest BCUT2D eigenvalue weighted by atomic mass is 32.2. The van der Waals surface area contributed by atoms with Gasteiger partial charge < -0.3 is 10.2 Å². The molecular formula is C24H33N3O3S. The Morgan fingerprint density at radius 3 is 2.26 bits per heavy atom. The van der Waals surface area contributed by atoms with Gasteiger partial charge in [0.2, 0.25) is 15.9 Å². The van der Waals surface area contributed by atoms with E-state index in [1.54, 1.807) is 16.4 Å². The number of hydrogen-bond donors (Lipinski definition) is 1. The number of rotatable bonds is 9. The number of likely N-dealkylation sites (N-methyl/N-ethyl adjacent to an activating group) is 1. The fraction of sp³-hybridized carbons (Fsp3) is 0.458. The van der Waals surface area contributed by atoms with Crippen LogP contribution in [0.4, 0.5) is 5.69 Å². The largest absolute Gasteiger partial charge is 0.373 e. The van der Waals surface area contributed by atoms with Gasteiger partial charge in [0.15, 0.2) is 0 Å². The first kappa shape index (κ1) is 23.3. The Balaban J connectivity index is 1.44. The van der Waals surface area contributed by atoms with Gasteiger partial charge >= 0.3 is 0 Å². The minimum atomic E-state index is -3.43. The third kappa shape index (κ3) is 6.80. The van der Waals surface area contributed by atoms with Gasteiger partial charge in [-0.1, -0.05) is 43.2 Å². The number of nitrogens with one attached hydrogen (secondary N) is 1. The van der Waals surface area contributed by atoms with Crippen LogP contribution >= 0.6 is 0 Å². The van der Waals surface area contributed by atoms with Crippen molar-refractivity contribution in [3.05, 3.63) is 60.2 Å². The fourth-order valence-electron chi connectivity index (χ4n) is 3.78. The molecule has 2 aromatic carbocycles. The van der Waals surface area contributed by atoms with E-state index in [4.69, 9.17) is 0 Å². The van der Waals surface area contributed by atoms with Crippen molar-refractivity contribution in [3.63, 3.8) is 0 Å². The van der Waals surface area contributed by atoms with Gasteiger partial charge in [0.25, 0.3) is 0 Å². The number of sulfonamides is 1. The first-order valence-corrected chi connectivity index (χ1v) is 12.5. The number of carbonyl (C=O) groups is 1. The summed E-state index contributed by atoms with van der Waals surface area (Å²) in [6.07, 6.45) is 5.00. The van der Waals surface area contributed by atoms with Gasteiger partial charge in [-0.3, -0.25) is 4.79 Å². The zero-order valence-corrected chi connectivity index (χ0v) is 19.1. The van der Waals surface area contributed by atoms with Gasteiger partial charge in [0.1, 0.15) is 0 Å². The second-order valence-electron chi connectivity index (χ2n) is 8.07. The number of aryl methyl sites for hydroxylation is 1. The summed E-state index contributed by atoms with van der Waals surface area (Å²) in [6.45, 7) is 2.52. The molecule has 0 aromatic heterocycles. The Morgan fingerprint density at radius 1 is 0.968 bits per heavy atom. The molecule has 1 N–H and O–H groups in total. The molecule has 1 heterocycles. The molecule has 0 radical (unpaired) electrons. The van der Waals surface area contributed by atoms with Crippen molar-refractivity contribution < 1.29 is 13.2 Å². The maximum absolute atomic E-state index is 12.9. The molecule has 1 fully saturated rings. The minimum Gasteiger partial charge on any atom is -0.373 e. The van der Waals surface area contributed by atoms with Crippen molar-refractivity contribution in [2.75, 3.05) is 38.1 Å². The quantitative estimate of drug-likeness (QED) is 0.645. The average molecular weight is 444 g/mol. The normalized spacial score (nSPS) is 15.3. The molecule has 1 aliphatic rings. The molecule has 1 amide bonds. The fourth-order valence-corrected chi connectivity index (χ4v) is 5.30. The van der Waals surface area contributed by atoms with Crippen LogP contribution in [-0.4, -0.2) is 51.9 Å². The Kier molecular flexibility index (Phi) is 8.49. The molecule has 168 valence electrons. The molecule has 0 aliphatic carbocycles. The number of nitrogens with zero attached hydrogens (tertiary/aromatic N) is 2. The molecule has 2 aromatic rings. The Bertz CT molecular complexity index is 922. The number of benzene rings is 2. The highest BCUT2D eigenvalue weighted by molar-refractivity contribution is 7.89. The molecule has 0 spiro atoms. The molecule has 1 saturated heterocycles. The summed E-state index contributed by atoms with van der Waals surface area (Å²) in [5.41, 5.74) is 2.08. The van der Waals surface area contributed by atoms with E-state index in [1.165, 1.54) is 0 Å². The second-order valence-corrected chi connectivity index (χ2v) is 10.0. The van der Waals surface area contributed by atoms with Crippen molar-refractivity contribution in [1.82, 2.24) is 9.62 Å². The molecule has 3 rings (SSSR count).